The summed E-state index contributed by atoms with van der Waals surface area (Å²) in [5, 5.41) is 34.1. The summed E-state index contributed by atoms with van der Waals surface area (Å²) >= 11 is 3.37. The highest BCUT2D eigenvalue weighted by atomic mass is 79.9. The van der Waals surface area contributed by atoms with Gasteiger partial charge in [0.1, 0.15) is 24.6 Å². The summed E-state index contributed by atoms with van der Waals surface area (Å²) < 4.78 is 7.99. The van der Waals surface area contributed by atoms with Crippen molar-refractivity contribution in [2.24, 2.45) is 5.10 Å². The maximum atomic E-state index is 10.4. The quantitative estimate of drug-likeness (QED) is 0.263. The fraction of sp³-hybridized carbons (Fsp3) is 0.294. The number of aromatic nitrogens is 4. The molecule has 0 radical (unpaired) electrons. The molecule has 2 aromatic heterocycles. The Balaban J connectivity index is 1.71. The smallest absolute Gasteiger partial charge is 0.228 e. The molecule has 12 heteroatoms. The molecule has 1 aliphatic rings. The van der Waals surface area contributed by atoms with Crippen LogP contribution >= 0.6 is 15.9 Å². The third-order valence-corrected chi connectivity index (χ3v) is 5.05. The summed E-state index contributed by atoms with van der Waals surface area (Å²) in [7, 11) is 0. The zero-order chi connectivity index (χ0) is 20.5. The monoisotopic (exact) mass is 463 g/mol. The van der Waals surface area contributed by atoms with Crippen LogP contribution in [-0.4, -0.2) is 66.0 Å². The molecule has 0 saturated carbocycles. The van der Waals surface area contributed by atoms with Crippen LogP contribution in [0, 0.1) is 0 Å². The predicted octanol–water partition coefficient (Wildman–Crippen LogP) is 0.228. The van der Waals surface area contributed by atoms with Crippen LogP contribution in [0.15, 0.2) is 40.2 Å². The number of halogens is 1. The van der Waals surface area contributed by atoms with E-state index in [0.29, 0.717) is 0 Å². The number of hydrogen-bond donors (Lipinski definition) is 5. The molecule has 4 rings (SSSR count). The van der Waals surface area contributed by atoms with Crippen LogP contribution < -0.4 is 11.2 Å². The average molecular weight is 464 g/mol. The van der Waals surface area contributed by atoms with Crippen LogP contribution in [-0.2, 0) is 4.74 Å². The summed E-state index contributed by atoms with van der Waals surface area (Å²) in [6.07, 6.45) is -1.77. The molecule has 11 nitrogen and oxygen atoms in total. The molecule has 0 amide bonds. The van der Waals surface area contributed by atoms with Crippen LogP contribution in [0.3, 0.4) is 0 Å². The van der Waals surface area contributed by atoms with E-state index in [0.717, 1.165) is 10.0 Å². The van der Waals surface area contributed by atoms with E-state index in [-0.39, 0.29) is 22.9 Å². The first-order chi connectivity index (χ1) is 14.0. The molecule has 6 N–H and O–H groups in total. The van der Waals surface area contributed by atoms with Gasteiger partial charge in [0.05, 0.1) is 12.8 Å². The Bertz CT molecular complexity index is 1040. The lowest BCUT2D eigenvalue weighted by Crippen LogP contribution is -2.33. The Morgan fingerprint density at radius 3 is 2.69 bits per heavy atom. The normalized spacial score (nSPS) is 24.6. The Morgan fingerprint density at radius 1 is 1.24 bits per heavy atom. The van der Waals surface area contributed by atoms with Crippen molar-refractivity contribution >= 4 is 45.1 Å². The molecule has 0 aliphatic carbocycles. The molecule has 3 heterocycles. The number of aliphatic hydroxyl groups is 3. The van der Waals surface area contributed by atoms with Gasteiger partial charge in [0.15, 0.2) is 23.2 Å². The second kappa shape index (κ2) is 8.00. The second-order valence-electron chi connectivity index (χ2n) is 6.39. The van der Waals surface area contributed by atoms with Crippen molar-refractivity contribution in [3.05, 3.63) is 40.6 Å². The number of ether oxygens (including phenoxy) is 1. The first kappa shape index (κ1) is 19.7. The van der Waals surface area contributed by atoms with Crippen molar-refractivity contribution in [2.75, 3.05) is 17.8 Å². The standard InChI is InChI=1S/C17H18BrN7O4/c18-9-3-1-8(2-4-9)5-22-24-17-23-11-14(19)20-7-21-15(11)25(17)16-13(28)12(27)10(6-26)29-16/h1-5,7,10,12-13,16,26-28H,6H2,(H,23,24)(H2,19,20,21)/t10-,12+,13-,16-/m0/s1. The minimum atomic E-state index is -1.32. The number of nitrogens with two attached hydrogens (primary N) is 1. The molecule has 152 valence electrons. The predicted molar refractivity (Wildman–Crippen MR) is 108 cm³/mol. The lowest BCUT2D eigenvalue weighted by atomic mass is 10.1. The van der Waals surface area contributed by atoms with E-state index in [2.05, 4.69) is 41.4 Å². The zero-order valence-electron chi connectivity index (χ0n) is 14.9. The molecule has 0 unspecified atom stereocenters. The summed E-state index contributed by atoms with van der Waals surface area (Å²) in [6, 6.07) is 7.50. The Morgan fingerprint density at radius 2 is 2.00 bits per heavy atom. The number of hydrogen-bond acceptors (Lipinski definition) is 10. The van der Waals surface area contributed by atoms with E-state index in [9.17, 15) is 15.3 Å². The van der Waals surface area contributed by atoms with Gasteiger partial charge >= 0.3 is 0 Å². The van der Waals surface area contributed by atoms with E-state index in [1.165, 1.54) is 10.9 Å². The Kier molecular flexibility index (Phi) is 5.43. The lowest BCUT2D eigenvalue weighted by Gasteiger charge is -2.18. The number of nitrogens with one attached hydrogen (secondary N) is 1. The van der Waals surface area contributed by atoms with Crippen molar-refractivity contribution in [3.63, 3.8) is 0 Å². The molecular formula is C17H18BrN7O4. The number of anilines is 2. The first-order valence-corrected chi connectivity index (χ1v) is 9.44. The van der Waals surface area contributed by atoms with E-state index in [1.54, 1.807) is 6.21 Å². The number of benzene rings is 1. The number of nitrogen functional groups attached to an aromatic ring is 1. The lowest BCUT2D eigenvalue weighted by molar-refractivity contribution is -0.0501. The van der Waals surface area contributed by atoms with E-state index in [1.807, 2.05) is 24.3 Å². The number of nitrogens with zero attached hydrogens (tertiary/aromatic N) is 5. The van der Waals surface area contributed by atoms with Gasteiger partial charge in [-0.1, -0.05) is 28.1 Å². The highest BCUT2D eigenvalue weighted by molar-refractivity contribution is 9.10. The van der Waals surface area contributed by atoms with Gasteiger partial charge in [-0.3, -0.25) is 4.57 Å². The molecule has 0 bridgehead atoms. The van der Waals surface area contributed by atoms with Gasteiger partial charge in [-0.05, 0) is 17.7 Å². The van der Waals surface area contributed by atoms with Crippen molar-refractivity contribution in [2.45, 2.75) is 24.5 Å². The minimum absolute atomic E-state index is 0.139. The minimum Gasteiger partial charge on any atom is -0.394 e. The number of rotatable bonds is 5. The molecule has 0 spiro atoms. The number of aliphatic hydroxyl groups excluding tert-OH is 3. The van der Waals surface area contributed by atoms with Gasteiger partial charge in [-0.25, -0.2) is 20.4 Å². The van der Waals surface area contributed by atoms with Crippen LogP contribution in [0.4, 0.5) is 11.8 Å². The summed E-state index contributed by atoms with van der Waals surface area (Å²) in [6.45, 7) is -0.455. The SMILES string of the molecule is Nc1ncnc2c1nc(NN=Cc1ccc(Br)cc1)n2[C@H]1O[C@@H](CO)[C@@H](O)[C@@H]1O. The van der Waals surface area contributed by atoms with E-state index in [4.69, 9.17) is 10.5 Å². The third kappa shape index (κ3) is 3.68. The fourth-order valence-electron chi connectivity index (χ4n) is 3.05. The largest absolute Gasteiger partial charge is 0.394 e. The van der Waals surface area contributed by atoms with Crippen molar-refractivity contribution < 1.29 is 20.1 Å². The van der Waals surface area contributed by atoms with E-state index < -0.39 is 31.1 Å². The Labute approximate surface area is 173 Å². The van der Waals surface area contributed by atoms with Crippen LogP contribution in [0.25, 0.3) is 11.2 Å². The maximum Gasteiger partial charge on any atom is 0.228 e. The van der Waals surface area contributed by atoms with Gasteiger partial charge < -0.3 is 25.8 Å². The molecule has 3 aromatic rings. The summed E-state index contributed by atoms with van der Waals surface area (Å²) in [4.78, 5) is 12.4. The van der Waals surface area contributed by atoms with Gasteiger partial charge in [0.2, 0.25) is 5.95 Å². The highest BCUT2D eigenvalue weighted by Gasteiger charge is 2.45. The number of hydrazone groups is 1. The summed E-state index contributed by atoms with van der Waals surface area (Å²) in [5.41, 5.74) is 10.1. The molecule has 1 saturated heterocycles. The number of imidazole rings is 1. The maximum absolute atomic E-state index is 10.4. The van der Waals surface area contributed by atoms with Crippen LogP contribution in [0.2, 0.25) is 0 Å². The van der Waals surface area contributed by atoms with Crippen LogP contribution in [0.5, 0.6) is 0 Å². The van der Waals surface area contributed by atoms with Crippen LogP contribution in [0.1, 0.15) is 11.8 Å². The van der Waals surface area contributed by atoms with E-state index >= 15 is 0 Å². The Hall–Kier alpha value is -2.64. The fourth-order valence-corrected chi connectivity index (χ4v) is 3.32. The van der Waals surface area contributed by atoms with Crippen molar-refractivity contribution in [3.8, 4) is 0 Å². The van der Waals surface area contributed by atoms with Gasteiger partial charge in [0, 0.05) is 4.47 Å². The van der Waals surface area contributed by atoms with Gasteiger partial charge in [0.25, 0.3) is 0 Å². The zero-order valence-corrected chi connectivity index (χ0v) is 16.5. The average Bonchev–Trinajstić information content (AvgIpc) is 3.22. The third-order valence-electron chi connectivity index (χ3n) is 4.53. The van der Waals surface area contributed by atoms with Crippen molar-refractivity contribution in [1.29, 1.82) is 0 Å². The molecular weight excluding hydrogens is 446 g/mol. The molecule has 4 atom stereocenters. The number of fused-ring (bicyclic) bond motifs is 1. The first-order valence-electron chi connectivity index (χ1n) is 8.65. The summed E-state index contributed by atoms with van der Waals surface area (Å²) in [5.74, 6) is 0.316. The van der Waals surface area contributed by atoms with Crippen molar-refractivity contribution in [1.82, 2.24) is 19.5 Å². The molecule has 1 fully saturated rings. The van der Waals surface area contributed by atoms with Gasteiger partial charge in [-0.2, -0.15) is 5.10 Å². The highest BCUT2D eigenvalue weighted by Crippen LogP contribution is 2.35. The second-order valence-corrected chi connectivity index (χ2v) is 7.30. The molecule has 1 aliphatic heterocycles. The topological polar surface area (TPSA) is 164 Å². The molecule has 29 heavy (non-hydrogen) atoms. The molecule has 1 aromatic carbocycles. The van der Waals surface area contributed by atoms with Gasteiger partial charge in [-0.15, -0.1) is 0 Å².